The second-order valence-corrected chi connectivity index (χ2v) is 7.89. The van der Waals surface area contributed by atoms with Gasteiger partial charge in [-0.1, -0.05) is 17.8 Å². The van der Waals surface area contributed by atoms with Crippen LogP contribution in [0.15, 0.2) is 34.3 Å². The number of hydrogen-bond acceptors (Lipinski definition) is 6. The number of nitrogens with one attached hydrogen (secondary N) is 2. The normalized spacial score (nSPS) is 15.2. The van der Waals surface area contributed by atoms with Gasteiger partial charge in [0.15, 0.2) is 11.0 Å². The molecule has 0 aliphatic carbocycles. The van der Waals surface area contributed by atoms with Gasteiger partial charge in [0, 0.05) is 17.6 Å². The summed E-state index contributed by atoms with van der Waals surface area (Å²) in [5.41, 5.74) is 0.817. The number of morpholine rings is 1. The fourth-order valence-corrected chi connectivity index (χ4v) is 3.90. The van der Waals surface area contributed by atoms with Crippen LogP contribution in [0, 0.1) is 0 Å². The molecule has 1 aliphatic rings. The highest BCUT2D eigenvalue weighted by atomic mass is 32.2. The molecule has 2 aromatic rings. The molecule has 1 fully saturated rings. The van der Waals surface area contributed by atoms with E-state index >= 15 is 0 Å². The Bertz CT molecular complexity index is 747. The second-order valence-electron chi connectivity index (χ2n) is 6.07. The van der Waals surface area contributed by atoms with Crippen molar-refractivity contribution in [2.75, 3.05) is 43.6 Å². The van der Waals surface area contributed by atoms with E-state index in [4.69, 9.17) is 4.74 Å². The molecule has 7 nitrogen and oxygen atoms in total. The smallest absolute Gasteiger partial charge is 0.234 e. The second kappa shape index (κ2) is 9.40. The predicted molar refractivity (Wildman–Crippen MR) is 104 cm³/mol. The number of quaternary nitrogens is 1. The summed E-state index contributed by atoms with van der Waals surface area (Å²) in [5.74, 6) is 1.20. The van der Waals surface area contributed by atoms with Crippen LogP contribution in [0.25, 0.3) is 0 Å². The first-order chi connectivity index (χ1) is 12.7. The van der Waals surface area contributed by atoms with Crippen LogP contribution in [0.5, 0.6) is 0 Å². The molecule has 26 heavy (non-hydrogen) atoms. The van der Waals surface area contributed by atoms with Gasteiger partial charge in [0.2, 0.25) is 5.91 Å². The van der Waals surface area contributed by atoms with E-state index in [9.17, 15) is 4.79 Å². The number of ether oxygens (including phenoxy) is 1. The van der Waals surface area contributed by atoms with Crippen LogP contribution in [0.3, 0.4) is 0 Å². The van der Waals surface area contributed by atoms with Gasteiger partial charge in [-0.3, -0.25) is 4.79 Å². The molecule has 0 saturated carbocycles. The monoisotopic (exact) mass is 394 g/mol. The summed E-state index contributed by atoms with van der Waals surface area (Å²) < 4.78 is 7.37. The average Bonchev–Trinajstić information content (AvgIpc) is 3.01. The van der Waals surface area contributed by atoms with Crippen molar-refractivity contribution in [3.63, 3.8) is 0 Å². The lowest BCUT2D eigenvalue weighted by atomic mass is 10.3. The molecule has 2 heterocycles. The molecule has 2 N–H and O–H groups in total. The Morgan fingerprint density at radius 2 is 2.15 bits per heavy atom. The largest absolute Gasteiger partial charge is 0.370 e. The molecule has 0 spiro atoms. The standard InChI is InChI=1S/C17H23N5O2S2/c1-21-15(11-22-6-8-24-9-7-22)19-20-17(21)26-12-16(23)18-13-4-3-5-14(10-13)25-2/h3-5,10H,6-9,11-12H2,1-2H3,(H,18,23)/p+1. The Morgan fingerprint density at radius 1 is 1.35 bits per heavy atom. The zero-order valence-corrected chi connectivity index (χ0v) is 16.7. The number of rotatable bonds is 7. The Balaban J connectivity index is 1.51. The van der Waals surface area contributed by atoms with Crippen molar-refractivity contribution >= 4 is 35.1 Å². The first-order valence-corrected chi connectivity index (χ1v) is 10.7. The zero-order chi connectivity index (χ0) is 18.4. The maximum atomic E-state index is 12.2. The maximum absolute atomic E-state index is 12.2. The van der Waals surface area contributed by atoms with Crippen molar-refractivity contribution in [1.29, 1.82) is 0 Å². The molecule has 1 aromatic carbocycles. The van der Waals surface area contributed by atoms with E-state index in [-0.39, 0.29) is 5.91 Å². The molecule has 0 atom stereocenters. The van der Waals surface area contributed by atoms with Gasteiger partial charge in [-0.2, -0.15) is 0 Å². The molecule has 0 radical (unpaired) electrons. The fourth-order valence-electron chi connectivity index (χ4n) is 2.71. The lowest BCUT2D eigenvalue weighted by Gasteiger charge is -2.23. The number of hydrogen-bond donors (Lipinski definition) is 2. The number of carbonyl (C=O) groups excluding carboxylic acids is 1. The van der Waals surface area contributed by atoms with Crippen LogP contribution in [-0.4, -0.2) is 59.0 Å². The van der Waals surface area contributed by atoms with Crippen LogP contribution in [-0.2, 0) is 23.1 Å². The van der Waals surface area contributed by atoms with Crippen LogP contribution in [0.1, 0.15) is 5.82 Å². The number of carbonyl (C=O) groups is 1. The number of amides is 1. The SMILES string of the molecule is CSc1cccc(NC(=O)CSc2nnc(C[NH+]3CCOCC3)n2C)c1. The molecule has 9 heteroatoms. The van der Waals surface area contributed by atoms with E-state index < -0.39 is 0 Å². The fraction of sp³-hybridized carbons (Fsp3) is 0.471. The topological polar surface area (TPSA) is 73.5 Å². The Morgan fingerprint density at radius 3 is 2.92 bits per heavy atom. The third-order valence-electron chi connectivity index (χ3n) is 4.22. The van der Waals surface area contributed by atoms with Gasteiger partial charge >= 0.3 is 0 Å². The van der Waals surface area contributed by atoms with Gasteiger partial charge in [-0.15, -0.1) is 22.0 Å². The highest BCUT2D eigenvalue weighted by Crippen LogP contribution is 2.20. The van der Waals surface area contributed by atoms with Gasteiger partial charge in [0.25, 0.3) is 0 Å². The van der Waals surface area contributed by atoms with Crippen molar-refractivity contribution in [2.45, 2.75) is 16.6 Å². The Labute approximate surface area is 161 Å². The molecule has 1 aromatic heterocycles. The third kappa shape index (κ3) is 5.23. The highest BCUT2D eigenvalue weighted by molar-refractivity contribution is 7.99. The molecule has 1 aliphatic heterocycles. The quantitative estimate of drug-likeness (QED) is 0.673. The van der Waals surface area contributed by atoms with Crippen LogP contribution in [0.2, 0.25) is 0 Å². The Hall–Kier alpha value is -1.55. The lowest BCUT2D eigenvalue weighted by molar-refractivity contribution is -0.922. The zero-order valence-electron chi connectivity index (χ0n) is 15.0. The van der Waals surface area contributed by atoms with Crippen molar-refractivity contribution in [3.05, 3.63) is 30.1 Å². The van der Waals surface area contributed by atoms with E-state index in [1.807, 2.05) is 42.1 Å². The van der Waals surface area contributed by atoms with E-state index in [1.165, 1.54) is 16.7 Å². The highest BCUT2D eigenvalue weighted by Gasteiger charge is 2.19. The van der Waals surface area contributed by atoms with Crippen molar-refractivity contribution in [2.24, 2.45) is 7.05 Å². The van der Waals surface area contributed by atoms with Gasteiger partial charge in [-0.25, -0.2) is 0 Å². The molecule has 0 unspecified atom stereocenters. The minimum absolute atomic E-state index is 0.0448. The van der Waals surface area contributed by atoms with Crippen LogP contribution in [0.4, 0.5) is 5.69 Å². The summed E-state index contributed by atoms with van der Waals surface area (Å²) in [4.78, 5) is 14.8. The van der Waals surface area contributed by atoms with Gasteiger partial charge in [-0.05, 0) is 24.5 Å². The van der Waals surface area contributed by atoms with Crippen LogP contribution < -0.4 is 10.2 Å². The molecule has 3 rings (SSSR count). The maximum Gasteiger partial charge on any atom is 0.234 e. The number of anilines is 1. The molecule has 140 valence electrons. The predicted octanol–water partition coefficient (Wildman–Crippen LogP) is 0.683. The summed E-state index contributed by atoms with van der Waals surface area (Å²) in [7, 11) is 1.96. The van der Waals surface area contributed by atoms with Crippen LogP contribution >= 0.6 is 23.5 Å². The van der Waals surface area contributed by atoms with E-state index in [1.54, 1.807) is 11.8 Å². The summed E-state index contributed by atoms with van der Waals surface area (Å²) in [6.45, 7) is 4.42. The van der Waals surface area contributed by atoms with Gasteiger partial charge < -0.3 is 19.5 Å². The lowest BCUT2D eigenvalue weighted by Crippen LogP contribution is -3.12. The third-order valence-corrected chi connectivity index (χ3v) is 5.96. The minimum Gasteiger partial charge on any atom is -0.370 e. The molecular weight excluding hydrogens is 370 g/mol. The number of aromatic nitrogens is 3. The van der Waals surface area contributed by atoms with Crippen molar-refractivity contribution < 1.29 is 14.4 Å². The molecule has 0 bridgehead atoms. The number of nitrogens with zero attached hydrogens (tertiary/aromatic N) is 3. The molecule has 1 amide bonds. The molecule has 1 saturated heterocycles. The summed E-state index contributed by atoms with van der Waals surface area (Å²) in [6, 6.07) is 7.83. The summed E-state index contributed by atoms with van der Waals surface area (Å²) in [5, 5.41) is 12.2. The minimum atomic E-state index is -0.0448. The number of thioether (sulfide) groups is 2. The van der Waals surface area contributed by atoms with Gasteiger partial charge in [0.1, 0.15) is 19.6 Å². The summed E-state index contributed by atoms with van der Waals surface area (Å²) >= 11 is 3.06. The van der Waals surface area contributed by atoms with Crippen molar-refractivity contribution in [3.8, 4) is 0 Å². The van der Waals surface area contributed by atoms with Gasteiger partial charge in [0.05, 0.1) is 19.0 Å². The summed E-state index contributed by atoms with van der Waals surface area (Å²) in [6.07, 6.45) is 2.01. The van der Waals surface area contributed by atoms with Crippen molar-refractivity contribution in [1.82, 2.24) is 14.8 Å². The first-order valence-electron chi connectivity index (χ1n) is 8.52. The Kier molecular flexibility index (Phi) is 6.95. The first kappa shape index (κ1) is 19.2. The average molecular weight is 395 g/mol. The van der Waals surface area contributed by atoms with E-state index in [0.29, 0.717) is 5.75 Å². The van der Waals surface area contributed by atoms with E-state index in [0.717, 1.165) is 54.4 Å². The van der Waals surface area contributed by atoms with E-state index in [2.05, 4.69) is 15.5 Å². The molecular formula is C17H24N5O2S2+. The number of benzene rings is 1.